The smallest absolute Gasteiger partial charge is 0.262 e. The molecule has 8 nitrogen and oxygen atoms in total. The number of nitrogens with zero attached hydrogens (tertiary/aromatic N) is 2. The van der Waals surface area contributed by atoms with Crippen LogP contribution in [0.2, 0.25) is 0 Å². The van der Waals surface area contributed by atoms with Gasteiger partial charge in [-0.05, 0) is 24.3 Å². The predicted octanol–water partition coefficient (Wildman–Crippen LogP) is 1.08. The van der Waals surface area contributed by atoms with Crippen LogP contribution in [-0.4, -0.2) is 68.0 Å². The molecule has 8 heteroatoms. The molecule has 1 unspecified atom stereocenters. The lowest BCUT2D eigenvalue weighted by Crippen LogP contribution is -2.41. The molecule has 28 heavy (non-hydrogen) atoms. The van der Waals surface area contributed by atoms with Gasteiger partial charge in [-0.15, -0.1) is 0 Å². The number of carbonyl (C=O) groups excluding carboxylic acids is 1. The van der Waals surface area contributed by atoms with Crippen molar-refractivity contribution in [2.24, 2.45) is 5.73 Å². The Morgan fingerprint density at radius 3 is 2.86 bits per heavy atom. The van der Waals surface area contributed by atoms with Gasteiger partial charge in [-0.1, -0.05) is 6.07 Å². The van der Waals surface area contributed by atoms with Crippen molar-refractivity contribution in [2.45, 2.75) is 6.10 Å². The molecule has 0 radical (unpaired) electrons. The number of para-hydroxylation sites is 1. The van der Waals surface area contributed by atoms with Gasteiger partial charge in [0.25, 0.3) is 5.91 Å². The summed E-state index contributed by atoms with van der Waals surface area (Å²) in [5.74, 6) is 1.19. The predicted molar refractivity (Wildman–Crippen MR) is 102 cm³/mol. The minimum absolute atomic E-state index is 0.106. The largest absolute Gasteiger partial charge is 0.491 e. The molecular formula is C20H23N3O5. The highest BCUT2D eigenvalue weighted by atomic mass is 16.6. The first-order valence-corrected chi connectivity index (χ1v) is 9.32. The molecule has 0 saturated carbocycles. The van der Waals surface area contributed by atoms with Crippen LogP contribution in [0.4, 0.5) is 0 Å². The van der Waals surface area contributed by atoms with E-state index in [1.54, 1.807) is 12.3 Å². The molecule has 1 fully saturated rings. The van der Waals surface area contributed by atoms with Gasteiger partial charge < -0.3 is 24.7 Å². The SMILES string of the molecule is NC(=O)C1COc2cccc(-c3ccc(OCCN4CCOCC4)cn3)c2O1. The van der Waals surface area contributed by atoms with E-state index in [9.17, 15) is 4.79 Å². The van der Waals surface area contributed by atoms with Gasteiger partial charge >= 0.3 is 0 Å². The molecular weight excluding hydrogens is 362 g/mol. The number of pyridine rings is 1. The minimum atomic E-state index is -0.809. The average molecular weight is 385 g/mol. The summed E-state index contributed by atoms with van der Waals surface area (Å²) in [5.41, 5.74) is 6.79. The first-order chi connectivity index (χ1) is 13.7. The monoisotopic (exact) mass is 385 g/mol. The first-order valence-electron chi connectivity index (χ1n) is 9.32. The maximum Gasteiger partial charge on any atom is 0.262 e. The molecule has 2 aliphatic rings. The zero-order valence-corrected chi connectivity index (χ0v) is 15.5. The Labute approximate surface area is 163 Å². The van der Waals surface area contributed by atoms with Crippen LogP contribution in [0, 0.1) is 0 Å². The minimum Gasteiger partial charge on any atom is -0.491 e. The van der Waals surface area contributed by atoms with Crippen LogP contribution >= 0.6 is 0 Å². The van der Waals surface area contributed by atoms with E-state index in [4.69, 9.17) is 24.7 Å². The molecule has 1 saturated heterocycles. The quantitative estimate of drug-likeness (QED) is 0.795. The molecule has 2 aliphatic heterocycles. The van der Waals surface area contributed by atoms with Gasteiger partial charge in [0.05, 0.1) is 25.1 Å². The van der Waals surface area contributed by atoms with E-state index in [0.717, 1.165) is 38.4 Å². The number of rotatable bonds is 6. The van der Waals surface area contributed by atoms with Crippen LogP contribution in [0.15, 0.2) is 36.5 Å². The Bertz CT molecular complexity index is 821. The molecule has 1 atom stereocenters. The summed E-state index contributed by atoms with van der Waals surface area (Å²) in [4.78, 5) is 18.2. The van der Waals surface area contributed by atoms with Crippen molar-refractivity contribution in [3.05, 3.63) is 36.5 Å². The Hall–Kier alpha value is -2.84. The fraction of sp³-hybridized carbons (Fsp3) is 0.400. The molecule has 2 aromatic rings. The number of amides is 1. The second-order valence-electron chi connectivity index (χ2n) is 6.63. The van der Waals surface area contributed by atoms with E-state index in [1.165, 1.54) is 0 Å². The lowest BCUT2D eigenvalue weighted by Gasteiger charge is -2.26. The molecule has 1 amide bonds. The van der Waals surface area contributed by atoms with Crippen LogP contribution in [0.1, 0.15) is 0 Å². The van der Waals surface area contributed by atoms with Crippen LogP contribution in [0.5, 0.6) is 17.2 Å². The van der Waals surface area contributed by atoms with Crippen LogP contribution in [0.25, 0.3) is 11.3 Å². The van der Waals surface area contributed by atoms with Gasteiger partial charge in [0.1, 0.15) is 19.0 Å². The summed E-state index contributed by atoms with van der Waals surface area (Å²) < 4.78 is 22.5. The lowest BCUT2D eigenvalue weighted by atomic mass is 10.1. The van der Waals surface area contributed by atoms with E-state index in [1.807, 2.05) is 24.3 Å². The molecule has 1 aromatic heterocycles. The standard InChI is InChI=1S/C20H23N3O5/c21-20(24)18-13-27-17-3-1-2-15(19(17)28-18)16-5-4-14(12-22-16)26-11-8-23-6-9-25-10-7-23/h1-5,12,18H,6-11,13H2,(H2,21,24). The number of hydrogen-bond acceptors (Lipinski definition) is 7. The van der Waals surface area contributed by atoms with E-state index in [2.05, 4.69) is 9.88 Å². The maximum absolute atomic E-state index is 11.4. The second kappa shape index (κ2) is 8.45. The number of aromatic nitrogens is 1. The van der Waals surface area contributed by atoms with Crippen LogP contribution < -0.4 is 19.9 Å². The summed E-state index contributed by atoms with van der Waals surface area (Å²) >= 11 is 0. The Morgan fingerprint density at radius 2 is 2.11 bits per heavy atom. The number of fused-ring (bicyclic) bond motifs is 1. The number of primary amides is 1. The molecule has 0 aliphatic carbocycles. The number of morpholine rings is 1. The van der Waals surface area contributed by atoms with Gasteiger partial charge in [-0.3, -0.25) is 14.7 Å². The van der Waals surface area contributed by atoms with E-state index in [0.29, 0.717) is 29.5 Å². The average Bonchev–Trinajstić information content (AvgIpc) is 2.74. The molecule has 0 spiro atoms. The number of ether oxygens (including phenoxy) is 4. The Morgan fingerprint density at radius 1 is 1.25 bits per heavy atom. The summed E-state index contributed by atoms with van der Waals surface area (Å²) in [6.45, 7) is 4.99. The fourth-order valence-corrected chi connectivity index (χ4v) is 3.18. The van der Waals surface area contributed by atoms with Crippen LogP contribution in [-0.2, 0) is 9.53 Å². The van der Waals surface area contributed by atoms with Gasteiger partial charge in [0, 0.05) is 25.2 Å². The van der Waals surface area contributed by atoms with Crippen molar-refractivity contribution in [3.8, 4) is 28.5 Å². The third-order valence-corrected chi connectivity index (χ3v) is 4.74. The van der Waals surface area contributed by atoms with E-state index >= 15 is 0 Å². The second-order valence-corrected chi connectivity index (χ2v) is 6.63. The highest BCUT2D eigenvalue weighted by Gasteiger charge is 2.28. The molecule has 148 valence electrons. The number of carbonyl (C=O) groups is 1. The molecule has 0 bridgehead atoms. The molecule has 3 heterocycles. The zero-order valence-electron chi connectivity index (χ0n) is 15.5. The van der Waals surface area contributed by atoms with Crippen molar-refractivity contribution >= 4 is 5.91 Å². The molecule has 4 rings (SSSR count). The Kier molecular flexibility index (Phi) is 5.59. The van der Waals surface area contributed by atoms with Gasteiger partial charge in [0.2, 0.25) is 6.10 Å². The highest BCUT2D eigenvalue weighted by Crippen LogP contribution is 2.40. The summed E-state index contributed by atoms with van der Waals surface area (Å²) in [7, 11) is 0. The van der Waals surface area contributed by atoms with Gasteiger partial charge in [0.15, 0.2) is 11.5 Å². The summed E-state index contributed by atoms with van der Waals surface area (Å²) in [5, 5.41) is 0. The van der Waals surface area contributed by atoms with Gasteiger partial charge in [-0.25, -0.2) is 0 Å². The summed E-state index contributed by atoms with van der Waals surface area (Å²) in [6, 6.07) is 9.25. The highest BCUT2D eigenvalue weighted by molar-refractivity contribution is 5.81. The van der Waals surface area contributed by atoms with E-state index in [-0.39, 0.29) is 6.61 Å². The van der Waals surface area contributed by atoms with Crippen molar-refractivity contribution in [1.29, 1.82) is 0 Å². The van der Waals surface area contributed by atoms with Crippen molar-refractivity contribution < 1.29 is 23.7 Å². The summed E-state index contributed by atoms with van der Waals surface area (Å²) in [6.07, 6.45) is 0.875. The maximum atomic E-state index is 11.4. The molecule has 2 N–H and O–H groups in total. The first kappa shape index (κ1) is 18.5. The third-order valence-electron chi connectivity index (χ3n) is 4.74. The molecule has 1 aromatic carbocycles. The zero-order chi connectivity index (χ0) is 19.3. The lowest BCUT2D eigenvalue weighted by molar-refractivity contribution is -0.126. The number of benzene rings is 1. The normalized spacial score (nSPS) is 19.2. The topological polar surface area (TPSA) is 96.1 Å². The van der Waals surface area contributed by atoms with Gasteiger partial charge in [-0.2, -0.15) is 0 Å². The van der Waals surface area contributed by atoms with E-state index < -0.39 is 12.0 Å². The number of hydrogen-bond donors (Lipinski definition) is 1. The van der Waals surface area contributed by atoms with Crippen molar-refractivity contribution in [1.82, 2.24) is 9.88 Å². The van der Waals surface area contributed by atoms with Crippen LogP contribution in [0.3, 0.4) is 0 Å². The van der Waals surface area contributed by atoms with Crippen molar-refractivity contribution in [3.63, 3.8) is 0 Å². The fourth-order valence-electron chi connectivity index (χ4n) is 3.18. The van der Waals surface area contributed by atoms with Crippen molar-refractivity contribution in [2.75, 3.05) is 46.1 Å². The Balaban J connectivity index is 1.42. The third kappa shape index (κ3) is 4.18. The number of nitrogens with two attached hydrogens (primary N) is 1.